The lowest BCUT2D eigenvalue weighted by molar-refractivity contribution is 0.0527. The van der Waals surface area contributed by atoms with Gasteiger partial charge in [0, 0.05) is 0 Å². The van der Waals surface area contributed by atoms with Gasteiger partial charge in [-0.05, 0) is 54.5 Å². The zero-order chi connectivity index (χ0) is 23.5. The van der Waals surface area contributed by atoms with Crippen LogP contribution in [0.5, 0.6) is 0 Å². The van der Waals surface area contributed by atoms with Crippen molar-refractivity contribution in [3.8, 4) is 0 Å². The molecule has 0 saturated carbocycles. The molecule has 0 saturated heterocycles. The molecular formula is C18H15BrF4N2O4S2. The number of carbonyl (C=O) groups is 2. The summed E-state index contributed by atoms with van der Waals surface area (Å²) in [7, 11) is 0. The number of anilines is 2. The molecule has 168 valence electrons. The first-order valence-electron chi connectivity index (χ1n) is 8.62. The summed E-state index contributed by atoms with van der Waals surface area (Å²) in [5.74, 6) is -8.22. The molecule has 0 radical (unpaired) electrons. The van der Waals surface area contributed by atoms with Crippen molar-refractivity contribution in [3.05, 3.63) is 43.7 Å². The highest BCUT2D eigenvalue weighted by atomic mass is 79.9. The summed E-state index contributed by atoms with van der Waals surface area (Å²) < 4.78 is 64.5. The van der Waals surface area contributed by atoms with Crippen LogP contribution in [0.2, 0.25) is 0 Å². The monoisotopic (exact) mass is 542 g/mol. The Kier molecular flexibility index (Phi) is 8.37. The van der Waals surface area contributed by atoms with Crippen LogP contribution in [0.4, 0.5) is 28.3 Å². The fraction of sp³-hybridized carbons (Fsp3) is 0.278. The molecule has 0 aliphatic rings. The standard InChI is InChI=1S/C18H15BrF4N2O4S2/c1-4-28-16(26)7-6(3)14(17(27)29-5-2)31-15(7)25-18(30)24-13-11(22)9(20)8(19)10(21)12(13)23/h4-5H2,1-3H3,(H2,24,25,30). The highest BCUT2D eigenvalue weighted by Gasteiger charge is 2.28. The third-order valence-corrected chi connectivity index (χ3v) is 5.85. The average Bonchev–Trinajstić information content (AvgIpc) is 3.04. The summed E-state index contributed by atoms with van der Waals surface area (Å²) >= 11 is 8.16. The number of thiocarbonyl (C=S) groups is 1. The van der Waals surface area contributed by atoms with E-state index in [-0.39, 0.29) is 34.2 Å². The van der Waals surface area contributed by atoms with Gasteiger partial charge in [-0.3, -0.25) is 0 Å². The quantitative estimate of drug-likeness (QED) is 0.163. The summed E-state index contributed by atoms with van der Waals surface area (Å²) in [6.07, 6.45) is 0. The van der Waals surface area contributed by atoms with Crippen LogP contribution in [0.15, 0.2) is 4.47 Å². The Labute approximate surface area is 192 Å². The summed E-state index contributed by atoms with van der Waals surface area (Å²) in [5, 5.41) is 4.04. The van der Waals surface area contributed by atoms with Crippen molar-refractivity contribution in [2.75, 3.05) is 23.8 Å². The first kappa shape index (κ1) is 25.0. The van der Waals surface area contributed by atoms with Gasteiger partial charge in [0.25, 0.3) is 0 Å². The van der Waals surface area contributed by atoms with Crippen LogP contribution in [0.25, 0.3) is 0 Å². The van der Waals surface area contributed by atoms with E-state index in [9.17, 15) is 27.2 Å². The van der Waals surface area contributed by atoms with Crippen molar-refractivity contribution in [1.82, 2.24) is 0 Å². The molecule has 13 heteroatoms. The van der Waals surface area contributed by atoms with Gasteiger partial charge < -0.3 is 20.1 Å². The molecule has 0 spiro atoms. The third-order valence-electron chi connectivity index (χ3n) is 3.76. The molecule has 2 N–H and O–H groups in total. The zero-order valence-electron chi connectivity index (χ0n) is 16.3. The van der Waals surface area contributed by atoms with Gasteiger partial charge in [0.15, 0.2) is 28.4 Å². The second-order valence-corrected chi connectivity index (χ2v) is 7.95. The van der Waals surface area contributed by atoms with Crippen molar-refractivity contribution in [1.29, 1.82) is 0 Å². The number of nitrogens with one attached hydrogen (secondary N) is 2. The van der Waals surface area contributed by atoms with Crippen molar-refractivity contribution in [2.24, 2.45) is 0 Å². The molecule has 6 nitrogen and oxygen atoms in total. The molecule has 0 atom stereocenters. The van der Waals surface area contributed by atoms with E-state index in [4.69, 9.17) is 21.7 Å². The maximum absolute atomic E-state index is 14.1. The predicted molar refractivity (Wildman–Crippen MR) is 115 cm³/mol. The lowest BCUT2D eigenvalue weighted by atomic mass is 10.1. The molecular weight excluding hydrogens is 528 g/mol. The Balaban J connectivity index is 2.42. The minimum absolute atomic E-state index is 0.00961. The number of carbonyl (C=O) groups excluding carboxylic acids is 2. The number of esters is 2. The molecule has 2 aromatic rings. The fourth-order valence-corrected chi connectivity index (χ4v) is 4.11. The van der Waals surface area contributed by atoms with E-state index in [0.29, 0.717) is 0 Å². The Bertz CT molecular complexity index is 1030. The van der Waals surface area contributed by atoms with Gasteiger partial charge in [-0.1, -0.05) is 0 Å². The fourth-order valence-electron chi connectivity index (χ4n) is 2.40. The van der Waals surface area contributed by atoms with Crippen LogP contribution in [0, 0.1) is 30.2 Å². The Morgan fingerprint density at radius 3 is 2.00 bits per heavy atom. The molecule has 0 bridgehead atoms. The number of hydrogen-bond donors (Lipinski definition) is 2. The number of thiophene rings is 1. The van der Waals surface area contributed by atoms with Gasteiger partial charge >= 0.3 is 11.9 Å². The van der Waals surface area contributed by atoms with Gasteiger partial charge in [0.2, 0.25) is 0 Å². The van der Waals surface area contributed by atoms with E-state index in [2.05, 4.69) is 21.2 Å². The molecule has 1 heterocycles. The largest absolute Gasteiger partial charge is 0.462 e. The van der Waals surface area contributed by atoms with Crippen LogP contribution < -0.4 is 10.6 Å². The number of hydrogen-bond acceptors (Lipinski definition) is 6. The summed E-state index contributed by atoms with van der Waals surface area (Å²) in [6.45, 7) is 4.79. The molecule has 0 aliphatic carbocycles. The van der Waals surface area contributed by atoms with Gasteiger partial charge in [0.1, 0.15) is 15.6 Å². The van der Waals surface area contributed by atoms with E-state index in [1.165, 1.54) is 6.92 Å². The molecule has 31 heavy (non-hydrogen) atoms. The molecule has 2 rings (SSSR count). The molecule has 0 aliphatic heterocycles. The van der Waals surface area contributed by atoms with Crippen LogP contribution in [0.3, 0.4) is 0 Å². The van der Waals surface area contributed by atoms with Crippen molar-refractivity contribution < 1.29 is 36.6 Å². The van der Waals surface area contributed by atoms with Crippen LogP contribution in [-0.2, 0) is 9.47 Å². The number of halogens is 5. The molecule has 0 fully saturated rings. The van der Waals surface area contributed by atoms with E-state index in [0.717, 1.165) is 11.3 Å². The van der Waals surface area contributed by atoms with Gasteiger partial charge in [-0.15, -0.1) is 11.3 Å². The van der Waals surface area contributed by atoms with Crippen molar-refractivity contribution >= 4 is 67.2 Å². The topological polar surface area (TPSA) is 76.7 Å². The minimum atomic E-state index is -1.71. The average molecular weight is 543 g/mol. The predicted octanol–water partition coefficient (Wildman–Crippen LogP) is 5.54. The second-order valence-electron chi connectivity index (χ2n) is 5.73. The van der Waals surface area contributed by atoms with Gasteiger partial charge in [-0.2, -0.15) is 0 Å². The second kappa shape index (κ2) is 10.4. The van der Waals surface area contributed by atoms with Crippen LogP contribution >= 0.6 is 39.5 Å². The third kappa shape index (κ3) is 5.15. The van der Waals surface area contributed by atoms with Gasteiger partial charge in [0.05, 0.1) is 23.2 Å². The first-order valence-corrected chi connectivity index (χ1v) is 10.6. The Morgan fingerprint density at radius 1 is 0.968 bits per heavy atom. The van der Waals surface area contributed by atoms with Gasteiger partial charge in [-0.25, -0.2) is 27.2 Å². The van der Waals surface area contributed by atoms with E-state index in [1.807, 2.05) is 5.32 Å². The normalized spacial score (nSPS) is 10.6. The maximum atomic E-state index is 14.1. The lowest BCUT2D eigenvalue weighted by Gasteiger charge is -2.13. The maximum Gasteiger partial charge on any atom is 0.348 e. The summed E-state index contributed by atoms with van der Waals surface area (Å²) in [5.41, 5.74) is -0.981. The summed E-state index contributed by atoms with van der Waals surface area (Å²) in [6, 6.07) is 0. The van der Waals surface area contributed by atoms with Crippen LogP contribution in [0.1, 0.15) is 39.4 Å². The summed E-state index contributed by atoms with van der Waals surface area (Å²) in [4.78, 5) is 24.6. The van der Waals surface area contributed by atoms with Crippen molar-refractivity contribution in [2.45, 2.75) is 20.8 Å². The number of ether oxygens (including phenoxy) is 2. The van der Waals surface area contributed by atoms with E-state index < -0.39 is 50.5 Å². The lowest BCUT2D eigenvalue weighted by Crippen LogP contribution is -2.22. The van der Waals surface area contributed by atoms with Crippen molar-refractivity contribution in [3.63, 3.8) is 0 Å². The number of rotatable bonds is 6. The van der Waals surface area contributed by atoms with E-state index >= 15 is 0 Å². The highest BCUT2D eigenvalue weighted by Crippen LogP contribution is 2.35. The SMILES string of the molecule is CCOC(=O)c1sc(NC(=S)Nc2c(F)c(F)c(Br)c(F)c2F)c(C(=O)OCC)c1C. The molecule has 1 aromatic heterocycles. The Morgan fingerprint density at radius 2 is 1.48 bits per heavy atom. The zero-order valence-corrected chi connectivity index (χ0v) is 19.5. The van der Waals surface area contributed by atoms with E-state index in [1.54, 1.807) is 13.8 Å². The molecule has 1 aromatic carbocycles. The minimum Gasteiger partial charge on any atom is -0.462 e. The molecule has 0 amide bonds. The molecule has 0 unspecified atom stereocenters. The Hall–Kier alpha value is -2.25. The first-order chi connectivity index (χ1) is 14.5. The highest BCUT2D eigenvalue weighted by molar-refractivity contribution is 9.10. The number of benzene rings is 1. The van der Waals surface area contributed by atoms with Crippen LogP contribution in [-0.4, -0.2) is 30.3 Å². The smallest absolute Gasteiger partial charge is 0.348 e.